The first-order chi connectivity index (χ1) is 10.7. The molecule has 0 aromatic heterocycles. The fourth-order valence-corrected chi connectivity index (χ4v) is 3.90. The van der Waals surface area contributed by atoms with Crippen molar-refractivity contribution in [2.24, 2.45) is 4.99 Å². The molecule has 4 rings (SSSR count). The first kappa shape index (κ1) is 13.8. The Morgan fingerprint density at radius 3 is 2.50 bits per heavy atom. The van der Waals surface area contributed by atoms with Crippen LogP contribution in [0.2, 0.25) is 5.02 Å². The van der Waals surface area contributed by atoms with Gasteiger partial charge in [-0.25, -0.2) is 0 Å². The molecule has 2 aliphatic rings. The number of hydrogen-bond acceptors (Lipinski definition) is 2. The third kappa shape index (κ3) is 2.05. The van der Waals surface area contributed by atoms with Crippen LogP contribution in [0.15, 0.2) is 47.5 Å². The molecule has 0 saturated heterocycles. The highest BCUT2D eigenvalue weighted by Gasteiger charge is 2.44. The molecule has 22 heavy (non-hydrogen) atoms. The molecule has 2 aromatic carbocycles. The molecule has 1 aliphatic carbocycles. The summed E-state index contributed by atoms with van der Waals surface area (Å²) in [5, 5.41) is 0.786. The zero-order chi connectivity index (χ0) is 15.2. The number of rotatable bonds is 2. The number of anilines is 1. The fraction of sp³-hybridized carbons (Fsp3) is 0.316. The van der Waals surface area contributed by atoms with E-state index in [1.54, 1.807) is 0 Å². The molecule has 3 heteroatoms. The van der Waals surface area contributed by atoms with Gasteiger partial charge < -0.3 is 5.73 Å². The van der Waals surface area contributed by atoms with Crippen LogP contribution in [0.1, 0.15) is 36.0 Å². The van der Waals surface area contributed by atoms with Crippen molar-refractivity contribution in [2.45, 2.75) is 31.1 Å². The minimum Gasteiger partial charge on any atom is -0.399 e. The molecule has 0 atom stereocenters. The van der Waals surface area contributed by atoms with Gasteiger partial charge in [0.2, 0.25) is 0 Å². The van der Waals surface area contributed by atoms with Gasteiger partial charge >= 0.3 is 0 Å². The maximum absolute atomic E-state index is 6.06. The molecule has 2 N–H and O–H groups in total. The van der Waals surface area contributed by atoms with Crippen molar-refractivity contribution in [3.8, 4) is 0 Å². The Bertz CT molecular complexity index is 743. The monoisotopic (exact) mass is 310 g/mol. The quantitative estimate of drug-likeness (QED) is 0.821. The highest BCUT2D eigenvalue weighted by Crippen LogP contribution is 2.48. The first-order valence-electron chi connectivity index (χ1n) is 7.89. The molecule has 2 nitrogen and oxygen atoms in total. The van der Waals surface area contributed by atoms with Gasteiger partial charge in [0.25, 0.3) is 0 Å². The van der Waals surface area contributed by atoms with Crippen LogP contribution in [0.25, 0.3) is 0 Å². The van der Waals surface area contributed by atoms with Gasteiger partial charge in [0, 0.05) is 28.2 Å². The van der Waals surface area contributed by atoms with E-state index in [0.29, 0.717) is 0 Å². The van der Waals surface area contributed by atoms with Crippen LogP contribution >= 0.6 is 11.6 Å². The van der Waals surface area contributed by atoms with Crippen molar-refractivity contribution in [2.75, 3.05) is 12.3 Å². The molecular formula is C19H19ClN2. The number of nitrogens with two attached hydrogens (primary N) is 1. The average Bonchev–Trinajstić information content (AvgIpc) is 2.48. The van der Waals surface area contributed by atoms with E-state index in [2.05, 4.69) is 24.3 Å². The largest absolute Gasteiger partial charge is 0.399 e. The van der Waals surface area contributed by atoms with Crippen LogP contribution in [-0.2, 0) is 11.8 Å². The van der Waals surface area contributed by atoms with E-state index < -0.39 is 0 Å². The van der Waals surface area contributed by atoms with Crippen molar-refractivity contribution >= 4 is 23.0 Å². The number of fused-ring (bicyclic) bond motifs is 1. The molecule has 0 amide bonds. The smallest absolute Gasteiger partial charge is 0.0529 e. The molecule has 1 aliphatic heterocycles. The Hall–Kier alpha value is -1.80. The molecule has 1 heterocycles. The third-order valence-corrected chi connectivity index (χ3v) is 5.35. The maximum atomic E-state index is 6.06. The van der Waals surface area contributed by atoms with Gasteiger partial charge in [0.1, 0.15) is 0 Å². The van der Waals surface area contributed by atoms with Crippen molar-refractivity contribution in [3.63, 3.8) is 0 Å². The Kier molecular flexibility index (Phi) is 3.23. The molecule has 1 saturated carbocycles. The summed E-state index contributed by atoms with van der Waals surface area (Å²) in [5.74, 6) is 0. The molecule has 0 unspecified atom stereocenters. The summed E-state index contributed by atoms with van der Waals surface area (Å²) in [4.78, 5) is 4.93. The summed E-state index contributed by atoms with van der Waals surface area (Å²) in [6.45, 7) is 0.877. The summed E-state index contributed by atoms with van der Waals surface area (Å²) in [6, 6.07) is 14.5. The van der Waals surface area contributed by atoms with Gasteiger partial charge in [-0.1, -0.05) is 36.2 Å². The van der Waals surface area contributed by atoms with E-state index >= 15 is 0 Å². The summed E-state index contributed by atoms with van der Waals surface area (Å²) in [6.07, 6.45) is 4.57. The van der Waals surface area contributed by atoms with Gasteiger partial charge in [-0.15, -0.1) is 0 Å². The van der Waals surface area contributed by atoms with Gasteiger partial charge in [0.15, 0.2) is 0 Å². The van der Waals surface area contributed by atoms with E-state index in [-0.39, 0.29) is 5.41 Å². The lowest BCUT2D eigenvalue weighted by Crippen LogP contribution is -2.44. The zero-order valence-corrected chi connectivity index (χ0v) is 13.2. The average molecular weight is 311 g/mol. The lowest BCUT2D eigenvalue weighted by Gasteiger charge is -2.45. The van der Waals surface area contributed by atoms with Crippen LogP contribution in [0.4, 0.5) is 5.69 Å². The van der Waals surface area contributed by atoms with Crippen LogP contribution in [0, 0.1) is 0 Å². The Morgan fingerprint density at radius 2 is 1.82 bits per heavy atom. The number of halogens is 1. The maximum Gasteiger partial charge on any atom is 0.0529 e. The summed E-state index contributed by atoms with van der Waals surface area (Å²) >= 11 is 6.06. The zero-order valence-electron chi connectivity index (χ0n) is 12.5. The summed E-state index contributed by atoms with van der Waals surface area (Å²) in [5.41, 5.74) is 12.1. The minimum atomic E-state index is 0.0492. The highest BCUT2D eigenvalue weighted by molar-refractivity contribution is 6.30. The van der Waals surface area contributed by atoms with Gasteiger partial charge in [-0.3, -0.25) is 4.99 Å². The molecule has 112 valence electrons. The van der Waals surface area contributed by atoms with E-state index in [0.717, 1.165) is 36.5 Å². The summed E-state index contributed by atoms with van der Waals surface area (Å²) < 4.78 is 0. The van der Waals surface area contributed by atoms with Gasteiger partial charge in [-0.2, -0.15) is 0 Å². The van der Waals surface area contributed by atoms with Gasteiger partial charge in [-0.05, 0) is 54.7 Å². The molecular weight excluding hydrogens is 292 g/mol. The number of hydrogen-bond donors (Lipinski definition) is 1. The van der Waals surface area contributed by atoms with Crippen LogP contribution < -0.4 is 5.73 Å². The number of benzene rings is 2. The highest BCUT2D eigenvalue weighted by atomic mass is 35.5. The fourth-order valence-electron chi connectivity index (χ4n) is 3.78. The van der Waals surface area contributed by atoms with Crippen LogP contribution in [0.3, 0.4) is 0 Å². The third-order valence-electron chi connectivity index (χ3n) is 5.10. The predicted molar refractivity (Wildman–Crippen MR) is 92.9 cm³/mol. The van der Waals surface area contributed by atoms with Crippen molar-refractivity contribution in [1.29, 1.82) is 0 Å². The van der Waals surface area contributed by atoms with Crippen LogP contribution in [0.5, 0.6) is 0 Å². The summed E-state index contributed by atoms with van der Waals surface area (Å²) in [7, 11) is 0. The second-order valence-electron chi connectivity index (χ2n) is 6.34. The van der Waals surface area contributed by atoms with Crippen LogP contribution in [-0.4, -0.2) is 12.3 Å². The van der Waals surface area contributed by atoms with Gasteiger partial charge in [0.05, 0.1) is 5.71 Å². The molecule has 0 radical (unpaired) electrons. The molecule has 0 spiro atoms. The molecule has 2 aromatic rings. The Balaban J connectivity index is 1.84. The lowest BCUT2D eigenvalue weighted by atomic mass is 9.59. The standard InChI is InChI=1S/C19H19ClN2/c20-15-5-3-14(4-6-15)19(9-1-10-19)18-17-12-16(21)7-2-13(17)8-11-22-18/h2-7,12H,1,8-11,21H2. The van der Waals surface area contributed by atoms with E-state index in [1.807, 2.05) is 18.2 Å². The minimum absolute atomic E-state index is 0.0492. The molecule has 1 fully saturated rings. The van der Waals surface area contributed by atoms with Crippen molar-refractivity contribution in [3.05, 3.63) is 64.2 Å². The predicted octanol–water partition coefficient (Wildman–Crippen LogP) is 4.39. The SMILES string of the molecule is Nc1ccc2c(c1)C(C1(c3ccc(Cl)cc3)CCC1)=NCC2. The lowest BCUT2D eigenvalue weighted by molar-refractivity contribution is 0.340. The van der Waals surface area contributed by atoms with Crippen molar-refractivity contribution < 1.29 is 0 Å². The van der Waals surface area contributed by atoms with E-state index in [1.165, 1.54) is 28.8 Å². The second kappa shape index (κ2) is 5.13. The Labute approximate surface area is 136 Å². The number of nitrogen functional groups attached to an aromatic ring is 1. The normalized spacial score (nSPS) is 19.0. The second-order valence-corrected chi connectivity index (χ2v) is 6.78. The molecule has 0 bridgehead atoms. The van der Waals surface area contributed by atoms with E-state index in [9.17, 15) is 0 Å². The van der Waals surface area contributed by atoms with E-state index in [4.69, 9.17) is 22.3 Å². The topological polar surface area (TPSA) is 38.4 Å². The first-order valence-corrected chi connectivity index (χ1v) is 8.27. The number of aliphatic imine (C=N–C) groups is 1. The Morgan fingerprint density at radius 1 is 1.05 bits per heavy atom. The van der Waals surface area contributed by atoms with Crippen molar-refractivity contribution in [1.82, 2.24) is 0 Å². The number of nitrogens with zero attached hydrogens (tertiary/aromatic N) is 1.